The lowest BCUT2D eigenvalue weighted by Gasteiger charge is -2.08. The van der Waals surface area contributed by atoms with E-state index in [0.29, 0.717) is 34.0 Å². The third-order valence-electron chi connectivity index (χ3n) is 5.10. The van der Waals surface area contributed by atoms with E-state index in [-0.39, 0.29) is 18.2 Å². The topological polar surface area (TPSA) is 74.3 Å². The number of aryl methyl sites for hydroxylation is 2. The normalized spacial score (nSPS) is 10.8. The molecule has 6 heteroatoms. The number of aromatic nitrogens is 2. The van der Waals surface area contributed by atoms with Crippen LogP contribution in [0.15, 0.2) is 71.3 Å². The van der Waals surface area contributed by atoms with Crippen molar-refractivity contribution in [1.29, 1.82) is 0 Å². The molecule has 0 aliphatic heterocycles. The molecule has 0 saturated carbocycles. The number of ether oxygens (including phenoxy) is 1. The number of nitrogens with zero attached hydrogens (tertiary/aromatic N) is 2. The van der Waals surface area contributed by atoms with E-state index in [9.17, 15) is 9.59 Å². The molecule has 0 fully saturated rings. The van der Waals surface area contributed by atoms with Gasteiger partial charge in [0.15, 0.2) is 18.2 Å². The van der Waals surface area contributed by atoms with E-state index < -0.39 is 0 Å². The van der Waals surface area contributed by atoms with Crippen molar-refractivity contribution >= 4 is 11.6 Å². The van der Waals surface area contributed by atoms with Gasteiger partial charge in [0.1, 0.15) is 11.5 Å². The average Bonchev–Trinajstić information content (AvgIpc) is 3.34. The van der Waals surface area contributed by atoms with Crippen molar-refractivity contribution in [2.75, 3.05) is 6.61 Å². The zero-order valence-corrected chi connectivity index (χ0v) is 17.6. The summed E-state index contributed by atoms with van der Waals surface area (Å²) in [7, 11) is 0. The van der Waals surface area contributed by atoms with Gasteiger partial charge in [0, 0.05) is 34.1 Å². The number of carbonyl (C=O) groups is 2. The van der Waals surface area contributed by atoms with E-state index in [1.54, 1.807) is 36.4 Å². The molecule has 4 rings (SSSR count). The van der Waals surface area contributed by atoms with Crippen molar-refractivity contribution in [3.8, 4) is 11.6 Å². The number of Topliss-reactive ketones (excluding diaryl/α,β-unsaturated/α-hetero) is 1. The second-order valence-corrected chi connectivity index (χ2v) is 7.35. The molecule has 0 aliphatic carbocycles. The highest BCUT2D eigenvalue weighted by atomic mass is 16.5. The maximum absolute atomic E-state index is 12.8. The van der Waals surface area contributed by atoms with E-state index in [2.05, 4.69) is 5.16 Å². The van der Waals surface area contributed by atoms with Gasteiger partial charge in [-0.3, -0.25) is 14.2 Å². The fraction of sp³-hybridized carbons (Fsp3) is 0.160. The van der Waals surface area contributed by atoms with Crippen LogP contribution in [0.2, 0.25) is 0 Å². The highest BCUT2D eigenvalue weighted by molar-refractivity contribution is 6.09. The number of carbonyl (C=O) groups excluding carboxylic acids is 2. The fourth-order valence-corrected chi connectivity index (χ4v) is 3.54. The molecule has 6 nitrogen and oxygen atoms in total. The predicted molar refractivity (Wildman–Crippen MR) is 116 cm³/mol. The van der Waals surface area contributed by atoms with E-state index in [0.717, 1.165) is 11.4 Å². The molecule has 0 radical (unpaired) electrons. The summed E-state index contributed by atoms with van der Waals surface area (Å²) in [5.74, 6) is 1.68. The van der Waals surface area contributed by atoms with Crippen LogP contribution in [0.3, 0.4) is 0 Å². The van der Waals surface area contributed by atoms with Crippen molar-refractivity contribution in [2.24, 2.45) is 0 Å². The van der Waals surface area contributed by atoms with Crippen LogP contribution in [0.5, 0.6) is 5.75 Å². The first-order valence-corrected chi connectivity index (χ1v) is 9.92. The summed E-state index contributed by atoms with van der Waals surface area (Å²) in [5, 5.41) is 4.04. The van der Waals surface area contributed by atoms with Crippen LogP contribution in [0.4, 0.5) is 0 Å². The fourth-order valence-electron chi connectivity index (χ4n) is 3.54. The zero-order chi connectivity index (χ0) is 22.0. The lowest BCUT2D eigenvalue weighted by molar-refractivity contribution is 0.0920. The number of hydrogen-bond donors (Lipinski definition) is 0. The van der Waals surface area contributed by atoms with E-state index in [1.165, 1.54) is 0 Å². The Morgan fingerprint density at radius 2 is 1.61 bits per heavy atom. The van der Waals surface area contributed by atoms with Crippen molar-refractivity contribution in [3.63, 3.8) is 0 Å². The van der Waals surface area contributed by atoms with Gasteiger partial charge in [-0.2, -0.15) is 0 Å². The molecule has 156 valence electrons. The first-order chi connectivity index (χ1) is 14.9. The van der Waals surface area contributed by atoms with Crippen LogP contribution in [0, 0.1) is 20.8 Å². The minimum Gasteiger partial charge on any atom is -0.485 e. The van der Waals surface area contributed by atoms with Gasteiger partial charge in [0.25, 0.3) is 0 Å². The third-order valence-corrected chi connectivity index (χ3v) is 5.10. The van der Waals surface area contributed by atoms with Crippen LogP contribution in [0.25, 0.3) is 5.82 Å². The standard InChI is InChI=1S/C25H22N2O4/c1-16-13-22(18(3)27(16)24-14-17(2)31-26-24)23(28)15-30-21-11-9-20(10-12-21)25(29)19-7-5-4-6-8-19/h4-14H,15H2,1-3H3. The van der Waals surface area contributed by atoms with Gasteiger partial charge >= 0.3 is 0 Å². The Labute approximate surface area is 180 Å². The van der Waals surface area contributed by atoms with Gasteiger partial charge in [0.05, 0.1) is 0 Å². The number of benzene rings is 2. The molecule has 2 aromatic carbocycles. The molecule has 2 aromatic heterocycles. The lowest BCUT2D eigenvalue weighted by atomic mass is 10.0. The molecule has 0 amide bonds. The van der Waals surface area contributed by atoms with Crippen molar-refractivity contribution in [1.82, 2.24) is 9.72 Å². The van der Waals surface area contributed by atoms with E-state index >= 15 is 0 Å². The van der Waals surface area contributed by atoms with Crippen LogP contribution in [-0.2, 0) is 0 Å². The Morgan fingerprint density at radius 1 is 0.935 bits per heavy atom. The first-order valence-electron chi connectivity index (χ1n) is 9.92. The Morgan fingerprint density at radius 3 is 2.26 bits per heavy atom. The van der Waals surface area contributed by atoms with E-state index in [4.69, 9.17) is 9.26 Å². The molecule has 0 saturated heterocycles. The van der Waals surface area contributed by atoms with Crippen LogP contribution in [0.1, 0.15) is 43.4 Å². The van der Waals surface area contributed by atoms with Crippen LogP contribution >= 0.6 is 0 Å². The van der Waals surface area contributed by atoms with Crippen LogP contribution in [-0.4, -0.2) is 27.9 Å². The van der Waals surface area contributed by atoms with Gasteiger partial charge in [-0.15, -0.1) is 0 Å². The summed E-state index contributed by atoms with van der Waals surface area (Å²) in [5.41, 5.74) is 3.44. The summed E-state index contributed by atoms with van der Waals surface area (Å²) in [4.78, 5) is 25.3. The minimum atomic E-state index is -0.135. The number of hydrogen-bond acceptors (Lipinski definition) is 5. The van der Waals surface area contributed by atoms with E-state index in [1.807, 2.05) is 55.7 Å². The molecule has 0 N–H and O–H groups in total. The molecule has 0 aliphatic rings. The average molecular weight is 414 g/mol. The molecular weight excluding hydrogens is 392 g/mol. The summed E-state index contributed by atoms with van der Waals surface area (Å²) in [6.45, 7) is 5.50. The second kappa shape index (κ2) is 8.44. The number of ketones is 2. The Balaban J connectivity index is 1.44. The zero-order valence-electron chi connectivity index (χ0n) is 17.6. The molecule has 4 aromatic rings. The summed E-state index contributed by atoms with van der Waals surface area (Å²) in [6, 6.07) is 19.5. The van der Waals surface area contributed by atoms with Gasteiger partial charge < -0.3 is 9.26 Å². The van der Waals surface area contributed by atoms with Crippen molar-refractivity contribution < 1.29 is 18.8 Å². The molecule has 0 spiro atoms. The Bertz CT molecular complexity index is 1230. The molecule has 0 atom stereocenters. The highest BCUT2D eigenvalue weighted by Gasteiger charge is 2.19. The first kappa shape index (κ1) is 20.3. The molecule has 31 heavy (non-hydrogen) atoms. The predicted octanol–water partition coefficient (Wildman–Crippen LogP) is 4.88. The minimum absolute atomic E-state index is 0.0567. The van der Waals surface area contributed by atoms with Gasteiger partial charge in [-0.05, 0) is 51.1 Å². The monoisotopic (exact) mass is 414 g/mol. The maximum Gasteiger partial charge on any atom is 0.202 e. The molecular formula is C25H22N2O4. The van der Waals surface area contributed by atoms with Gasteiger partial charge in [0.2, 0.25) is 5.78 Å². The smallest absolute Gasteiger partial charge is 0.202 e. The SMILES string of the molecule is Cc1cc(-n2c(C)cc(C(=O)COc3ccc(C(=O)c4ccccc4)cc3)c2C)no1. The van der Waals surface area contributed by atoms with Crippen molar-refractivity contribution in [3.05, 3.63) is 101 Å². The molecule has 0 bridgehead atoms. The number of rotatable bonds is 7. The third kappa shape index (κ3) is 4.19. The Hall–Kier alpha value is -3.93. The summed E-state index contributed by atoms with van der Waals surface area (Å²) < 4.78 is 12.7. The van der Waals surface area contributed by atoms with Gasteiger partial charge in [-0.25, -0.2) is 0 Å². The molecule has 2 heterocycles. The van der Waals surface area contributed by atoms with Crippen molar-refractivity contribution in [2.45, 2.75) is 20.8 Å². The highest BCUT2D eigenvalue weighted by Crippen LogP contribution is 2.22. The van der Waals surface area contributed by atoms with Gasteiger partial charge in [-0.1, -0.05) is 35.5 Å². The summed E-state index contributed by atoms with van der Waals surface area (Å²) >= 11 is 0. The molecule has 0 unspecified atom stereocenters. The Kier molecular flexibility index (Phi) is 5.54. The lowest BCUT2D eigenvalue weighted by Crippen LogP contribution is -2.13. The second-order valence-electron chi connectivity index (χ2n) is 7.35. The van der Waals surface area contributed by atoms with Crippen LogP contribution < -0.4 is 4.74 Å². The maximum atomic E-state index is 12.8. The quantitative estimate of drug-likeness (QED) is 0.403. The largest absolute Gasteiger partial charge is 0.485 e. The summed E-state index contributed by atoms with van der Waals surface area (Å²) in [6.07, 6.45) is 0.